The standard InChI is InChI=1S/C33H36N4O6/c1-22-28(32(38)42-3)30(26-15-10-16-27(21-26)37(40)41)29(23(2)36-22)33(39)43-20-19-34-17-18-35-31(24-11-6-4-7-12-24)25-13-8-5-9-14-25/h4-16,21,30-31,34-36H,17-20H2,1-3H3/t30-/m1/s1. The molecule has 0 radical (unpaired) electrons. The smallest absolute Gasteiger partial charge is 0.336 e. The SMILES string of the molecule is COC(=O)C1=C(C)NC(C)=C(C(=O)OCCNCCNC(c2ccccc2)c2ccccc2)[C@@H]1c1cccc([N+](=O)[O-])c1. The number of hydrogen-bond donors (Lipinski definition) is 3. The second-order valence-electron chi connectivity index (χ2n) is 10.1. The summed E-state index contributed by atoms with van der Waals surface area (Å²) < 4.78 is 10.6. The molecular weight excluding hydrogens is 548 g/mol. The predicted octanol–water partition coefficient (Wildman–Crippen LogP) is 4.51. The molecule has 0 bridgehead atoms. The second kappa shape index (κ2) is 14.9. The predicted molar refractivity (Wildman–Crippen MR) is 163 cm³/mol. The zero-order valence-electron chi connectivity index (χ0n) is 24.5. The number of nitrogens with zero attached hydrogens (tertiary/aromatic N) is 1. The Morgan fingerprint density at radius 2 is 1.47 bits per heavy atom. The number of non-ortho nitro benzene ring substituents is 1. The monoisotopic (exact) mass is 584 g/mol. The molecule has 0 spiro atoms. The molecular formula is C33H36N4O6. The van der Waals surface area contributed by atoms with Crippen LogP contribution in [0, 0.1) is 10.1 Å². The summed E-state index contributed by atoms with van der Waals surface area (Å²) in [5.41, 5.74) is 3.98. The quantitative estimate of drug-likeness (QED) is 0.115. The van der Waals surface area contributed by atoms with E-state index in [0.717, 1.165) is 0 Å². The molecule has 0 unspecified atom stereocenters. The first-order valence-corrected chi connectivity index (χ1v) is 14.0. The maximum Gasteiger partial charge on any atom is 0.336 e. The first kappa shape index (κ1) is 31.1. The van der Waals surface area contributed by atoms with E-state index >= 15 is 0 Å². The van der Waals surface area contributed by atoms with Gasteiger partial charge in [-0.25, -0.2) is 9.59 Å². The lowest BCUT2D eigenvalue weighted by atomic mass is 9.80. The van der Waals surface area contributed by atoms with Crippen molar-refractivity contribution in [3.63, 3.8) is 0 Å². The number of allylic oxidation sites excluding steroid dienone is 2. The van der Waals surface area contributed by atoms with Crippen molar-refractivity contribution in [1.82, 2.24) is 16.0 Å². The van der Waals surface area contributed by atoms with E-state index in [-0.39, 0.29) is 29.5 Å². The van der Waals surface area contributed by atoms with E-state index in [9.17, 15) is 19.7 Å². The first-order valence-electron chi connectivity index (χ1n) is 14.0. The van der Waals surface area contributed by atoms with E-state index < -0.39 is 22.8 Å². The lowest BCUT2D eigenvalue weighted by Gasteiger charge is -2.30. The summed E-state index contributed by atoms with van der Waals surface area (Å²) in [5.74, 6) is -2.16. The van der Waals surface area contributed by atoms with Crippen molar-refractivity contribution in [3.8, 4) is 0 Å². The van der Waals surface area contributed by atoms with Crippen LogP contribution in [0.5, 0.6) is 0 Å². The van der Waals surface area contributed by atoms with E-state index in [1.807, 2.05) is 36.4 Å². The van der Waals surface area contributed by atoms with Crippen molar-refractivity contribution >= 4 is 17.6 Å². The van der Waals surface area contributed by atoms with Crippen LogP contribution in [0.15, 0.2) is 107 Å². The molecule has 0 fully saturated rings. The molecule has 4 rings (SSSR count). The van der Waals surface area contributed by atoms with Gasteiger partial charge >= 0.3 is 11.9 Å². The minimum absolute atomic E-state index is 0.0435. The van der Waals surface area contributed by atoms with Crippen molar-refractivity contribution in [1.29, 1.82) is 0 Å². The molecule has 3 N–H and O–H groups in total. The molecule has 224 valence electrons. The van der Waals surface area contributed by atoms with E-state index in [1.165, 1.54) is 36.4 Å². The highest BCUT2D eigenvalue weighted by Gasteiger charge is 2.38. The molecule has 1 heterocycles. The fourth-order valence-electron chi connectivity index (χ4n) is 5.24. The lowest BCUT2D eigenvalue weighted by molar-refractivity contribution is -0.384. The number of nitro groups is 1. The molecule has 1 aliphatic heterocycles. The topological polar surface area (TPSA) is 132 Å². The summed E-state index contributed by atoms with van der Waals surface area (Å²) >= 11 is 0. The summed E-state index contributed by atoms with van der Waals surface area (Å²) in [6.45, 7) is 5.22. The van der Waals surface area contributed by atoms with Gasteiger partial charge in [-0.1, -0.05) is 72.8 Å². The highest BCUT2D eigenvalue weighted by atomic mass is 16.6. The number of dihydropyridines is 1. The van der Waals surface area contributed by atoms with Gasteiger partial charge in [-0.15, -0.1) is 0 Å². The van der Waals surface area contributed by atoms with Crippen LogP contribution in [0.25, 0.3) is 0 Å². The Morgan fingerprint density at radius 1 is 0.860 bits per heavy atom. The van der Waals surface area contributed by atoms with Crippen LogP contribution in [0.3, 0.4) is 0 Å². The van der Waals surface area contributed by atoms with Gasteiger partial charge in [0.2, 0.25) is 0 Å². The molecule has 0 aromatic heterocycles. The molecule has 10 heteroatoms. The summed E-state index contributed by atoms with van der Waals surface area (Å²) in [6, 6.07) is 26.4. The maximum atomic E-state index is 13.4. The van der Waals surface area contributed by atoms with Crippen molar-refractivity contribution in [3.05, 3.63) is 134 Å². The summed E-state index contributed by atoms with van der Waals surface area (Å²) in [7, 11) is 1.25. The summed E-state index contributed by atoms with van der Waals surface area (Å²) in [6.07, 6.45) is 0. The number of rotatable bonds is 13. The molecule has 0 saturated heterocycles. The molecule has 1 aliphatic rings. The van der Waals surface area contributed by atoms with E-state index in [2.05, 4.69) is 40.2 Å². The number of carbonyl (C=O) groups is 2. The minimum atomic E-state index is -0.897. The number of ether oxygens (including phenoxy) is 2. The Bertz CT molecular complexity index is 1460. The van der Waals surface area contributed by atoms with Crippen LogP contribution in [-0.4, -0.2) is 50.2 Å². The van der Waals surface area contributed by atoms with Crippen LogP contribution >= 0.6 is 0 Å². The molecule has 0 aliphatic carbocycles. The molecule has 43 heavy (non-hydrogen) atoms. The van der Waals surface area contributed by atoms with Gasteiger partial charge in [-0.3, -0.25) is 10.1 Å². The Labute approximate surface area is 250 Å². The third-order valence-corrected chi connectivity index (χ3v) is 7.23. The van der Waals surface area contributed by atoms with Gasteiger partial charge in [0.05, 0.1) is 35.1 Å². The van der Waals surface area contributed by atoms with Crippen molar-refractivity contribution in [2.24, 2.45) is 0 Å². The molecule has 3 aromatic carbocycles. The average Bonchev–Trinajstić information content (AvgIpc) is 3.02. The van der Waals surface area contributed by atoms with Crippen molar-refractivity contribution in [2.45, 2.75) is 25.8 Å². The molecule has 3 aromatic rings. The fraction of sp³-hybridized carbons (Fsp3) is 0.273. The Morgan fingerprint density at radius 3 is 2.05 bits per heavy atom. The molecule has 0 saturated carbocycles. The van der Waals surface area contributed by atoms with Crippen LogP contribution in [0.1, 0.15) is 42.5 Å². The van der Waals surface area contributed by atoms with Gasteiger partial charge in [0.25, 0.3) is 5.69 Å². The van der Waals surface area contributed by atoms with E-state index in [0.29, 0.717) is 36.6 Å². The molecule has 10 nitrogen and oxygen atoms in total. The largest absolute Gasteiger partial charge is 0.466 e. The van der Waals surface area contributed by atoms with Gasteiger partial charge in [-0.2, -0.15) is 0 Å². The van der Waals surface area contributed by atoms with Crippen LogP contribution in [-0.2, 0) is 19.1 Å². The third-order valence-electron chi connectivity index (χ3n) is 7.23. The summed E-state index contributed by atoms with van der Waals surface area (Å²) in [5, 5.41) is 21.4. The van der Waals surface area contributed by atoms with Gasteiger partial charge in [0, 0.05) is 43.2 Å². The second-order valence-corrected chi connectivity index (χ2v) is 10.1. The van der Waals surface area contributed by atoms with Gasteiger partial charge in [0.1, 0.15) is 6.61 Å². The fourth-order valence-corrected chi connectivity index (χ4v) is 5.24. The zero-order chi connectivity index (χ0) is 30.8. The molecule has 1 atom stereocenters. The van der Waals surface area contributed by atoms with Gasteiger partial charge in [-0.05, 0) is 30.5 Å². The minimum Gasteiger partial charge on any atom is -0.466 e. The van der Waals surface area contributed by atoms with Crippen molar-refractivity contribution < 1.29 is 24.0 Å². The van der Waals surface area contributed by atoms with E-state index in [4.69, 9.17) is 9.47 Å². The number of methoxy groups -OCH3 is 1. The van der Waals surface area contributed by atoms with Crippen LogP contribution < -0.4 is 16.0 Å². The molecule has 0 amide bonds. The number of benzene rings is 3. The highest BCUT2D eigenvalue weighted by molar-refractivity contribution is 5.99. The van der Waals surface area contributed by atoms with Crippen molar-refractivity contribution in [2.75, 3.05) is 33.4 Å². The Hall–Kier alpha value is -4.80. The Kier molecular flexibility index (Phi) is 10.8. The van der Waals surface area contributed by atoms with E-state index in [1.54, 1.807) is 19.9 Å². The van der Waals surface area contributed by atoms with Crippen LogP contribution in [0.2, 0.25) is 0 Å². The normalized spacial score (nSPS) is 14.8. The Balaban J connectivity index is 1.37. The van der Waals surface area contributed by atoms with Crippen LogP contribution in [0.4, 0.5) is 5.69 Å². The number of nitro benzene ring substituents is 1. The average molecular weight is 585 g/mol. The number of esters is 2. The van der Waals surface area contributed by atoms with Gasteiger partial charge < -0.3 is 25.4 Å². The van der Waals surface area contributed by atoms with Gasteiger partial charge in [0.15, 0.2) is 0 Å². The first-order chi connectivity index (χ1) is 20.8. The summed E-state index contributed by atoms with van der Waals surface area (Å²) in [4.78, 5) is 37.1. The lowest BCUT2D eigenvalue weighted by Crippen LogP contribution is -2.34. The zero-order valence-corrected chi connectivity index (χ0v) is 24.5. The maximum absolute atomic E-state index is 13.4. The number of nitrogens with one attached hydrogen (secondary N) is 3. The highest BCUT2D eigenvalue weighted by Crippen LogP contribution is 2.40. The number of hydrogen-bond acceptors (Lipinski definition) is 9. The third kappa shape index (κ3) is 7.73. The number of carbonyl (C=O) groups excluding carboxylic acids is 2.